The highest BCUT2D eigenvalue weighted by Crippen LogP contribution is 2.40. The number of nitrogens with zero attached hydrogens (tertiary/aromatic N) is 4. The summed E-state index contributed by atoms with van der Waals surface area (Å²) in [6, 6.07) is 10.0. The van der Waals surface area contributed by atoms with E-state index in [0.717, 1.165) is 0 Å². The lowest BCUT2D eigenvalue weighted by atomic mass is 9.96. The van der Waals surface area contributed by atoms with Gasteiger partial charge in [0, 0.05) is 38.6 Å². The van der Waals surface area contributed by atoms with Gasteiger partial charge in [-0.1, -0.05) is 6.07 Å². The number of methoxy groups -OCH3 is 1. The molecule has 4 rings (SSSR count). The zero-order chi connectivity index (χ0) is 23.7. The number of rotatable bonds is 7. The van der Waals surface area contributed by atoms with Crippen molar-refractivity contribution in [1.82, 2.24) is 14.3 Å². The van der Waals surface area contributed by atoms with Gasteiger partial charge in [0.05, 0.1) is 22.2 Å². The van der Waals surface area contributed by atoms with Crippen LogP contribution in [0.15, 0.2) is 54.2 Å². The monoisotopic (exact) mass is 450 g/mol. The van der Waals surface area contributed by atoms with Crippen molar-refractivity contribution in [1.29, 1.82) is 0 Å². The molecule has 10 nitrogen and oxygen atoms in total. The summed E-state index contributed by atoms with van der Waals surface area (Å²) in [5.41, 5.74) is 1.66. The highest BCUT2D eigenvalue weighted by Gasteiger charge is 2.46. The molecule has 3 aromatic rings. The van der Waals surface area contributed by atoms with Gasteiger partial charge in [0.15, 0.2) is 5.76 Å². The summed E-state index contributed by atoms with van der Waals surface area (Å²) >= 11 is 0. The van der Waals surface area contributed by atoms with Gasteiger partial charge in [-0.2, -0.15) is 0 Å². The Balaban J connectivity index is 1.89. The van der Waals surface area contributed by atoms with Gasteiger partial charge in [0.2, 0.25) is 0 Å². The lowest BCUT2D eigenvalue weighted by molar-refractivity contribution is -0.384. The van der Waals surface area contributed by atoms with Gasteiger partial charge in [0.25, 0.3) is 17.4 Å². The minimum atomic E-state index is -0.906. The van der Waals surface area contributed by atoms with Crippen LogP contribution in [0.2, 0.25) is 0 Å². The van der Waals surface area contributed by atoms with Crippen LogP contribution < -0.4 is 0 Å². The van der Waals surface area contributed by atoms with E-state index in [2.05, 4.69) is 4.98 Å². The SMILES string of the molecule is COCCCN1C(=O)C(=O)/C(=C(/O)c2c(C)nc3ccccn23)C1c1ccc([N+](=O)[O-])cc1. The number of aryl methyl sites for hydroxylation is 1. The number of nitro groups is 1. The van der Waals surface area contributed by atoms with Crippen molar-refractivity contribution in [3.05, 3.63) is 81.3 Å². The Morgan fingerprint density at radius 1 is 1.21 bits per heavy atom. The molecule has 1 saturated heterocycles. The number of hydrogen-bond acceptors (Lipinski definition) is 7. The fourth-order valence-electron chi connectivity index (χ4n) is 4.14. The molecule has 0 radical (unpaired) electrons. The molecule has 3 heterocycles. The molecular formula is C23H22N4O6. The Morgan fingerprint density at radius 2 is 1.94 bits per heavy atom. The number of hydrogen-bond donors (Lipinski definition) is 1. The van der Waals surface area contributed by atoms with E-state index < -0.39 is 22.7 Å². The molecule has 0 bridgehead atoms. The second kappa shape index (κ2) is 8.83. The third-order valence-corrected chi connectivity index (χ3v) is 5.64. The van der Waals surface area contributed by atoms with E-state index in [0.29, 0.717) is 35.6 Å². The minimum Gasteiger partial charge on any atom is -0.505 e. The predicted molar refractivity (Wildman–Crippen MR) is 119 cm³/mol. The summed E-state index contributed by atoms with van der Waals surface area (Å²) in [5, 5.41) is 22.4. The van der Waals surface area contributed by atoms with E-state index >= 15 is 0 Å². The van der Waals surface area contributed by atoms with Crippen LogP contribution in [0, 0.1) is 17.0 Å². The molecule has 170 valence electrons. The number of pyridine rings is 1. The maximum absolute atomic E-state index is 13.1. The third-order valence-electron chi connectivity index (χ3n) is 5.64. The number of likely N-dealkylation sites (tertiary alicyclic amines) is 1. The Hall–Kier alpha value is -4.05. The number of ether oxygens (including phenoxy) is 1. The van der Waals surface area contributed by atoms with Gasteiger partial charge in [-0.3, -0.25) is 24.1 Å². The van der Waals surface area contributed by atoms with E-state index in [1.54, 1.807) is 35.7 Å². The molecule has 1 unspecified atom stereocenters. The molecule has 0 aliphatic carbocycles. The van der Waals surface area contributed by atoms with Crippen LogP contribution in [0.4, 0.5) is 5.69 Å². The smallest absolute Gasteiger partial charge is 0.295 e. The molecule has 1 fully saturated rings. The zero-order valence-corrected chi connectivity index (χ0v) is 18.1. The fraction of sp³-hybridized carbons (Fsp3) is 0.261. The summed E-state index contributed by atoms with van der Waals surface area (Å²) in [7, 11) is 1.54. The summed E-state index contributed by atoms with van der Waals surface area (Å²) in [6.07, 6.45) is 2.18. The standard InChI is InChI=1S/C23H22N4O6/c1-14-19(25-11-4-3-6-17(25)24-14)21(28)18-20(15-7-9-16(10-8-15)27(31)32)26(12-5-13-33-2)23(30)22(18)29/h3-4,6-11,20,28H,5,12-13H2,1-2H3/b21-18+. The summed E-state index contributed by atoms with van der Waals surface area (Å²) < 4.78 is 6.72. The zero-order valence-electron chi connectivity index (χ0n) is 18.1. The van der Waals surface area contributed by atoms with Crippen LogP contribution in [0.3, 0.4) is 0 Å². The number of imidazole rings is 1. The van der Waals surface area contributed by atoms with Crippen LogP contribution in [-0.2, 0) is 14.3 Å². The van der Waals surface area contributed by atoms with E-state index in [1.165, 1.54) is 36.3 Å². The van der Waals surface area contributed by atoms with Gasteiger partial charge < -0.3 is 14.7 Å². The maximum atomic E-state index is 13.1. The molecule has 1 N–H and O–H groups in total. The highest BCUT2D eigenvalue weighted by molar-refractivity contribution is 6.46. The highest BCUT2D eigenvalue weighted by atomic mass is 16.6. The topological polar surface area (TPSA) is 127 Å². The first-order valence-corrected chi connectivity index (χ1v) is 10.3. The summed E-state index contributed by atoms with van der Waals surface area (Å²) in [5.74, 6) is -1.91. The van der Waals surface area contributed by atoms with Crippen molar-refractivity contribution in [3.8, 4) is 0 Å². The predicted octanol–water partition coefficient (Wildman–Crippen LogP) is 3.01. The van der Waals surface area contributed by atoms with Crippen molar-refractivity contribution in [3.63, 3.8) is 0 Å². The molecular weight excluding hydrogens is 428 g/mol. The number of fused-ring (bicyclic) bond motifs is 1. The number of carbonyl (C=O) groups excluding carboxylic acids is 2. The first kappa shape index (κ1) is 22.2. The summed E-state index contributed by atoms with van der Waals surface area (Å²) in [4.78, 5) is 42.4. The minimum absolute atomic E-state index is 0.0833. The molecule has 2 aromatic heterocycles. The first-order valence-electron chi connectivity index (χ1n) is 10.3. The number of Topliss-reactive ketones (excluding diaryl/α,β-unsaturated/α-hetero) is 1. The number of aliphatic hydroxyl groups is 1. The van der Waals surface area contributed by atoms with Crippen LogP contribution in [0.1, 0.15) is 29.4 Å². The number of non-ortho nitro benzene ring substituents is 1. The number of benzene rings is 1. The largest absolute Gasteiger partial charge is 0.505 e. The van der Waals surface area contributed by atoms with Crippen molar-refractivity contribution < 1.29 is 24.4 Å². The van der Waals surface area contributed by atoms with E-state index in [1.807, 2.05) is 0 Å². The van der Waals surface area contributed by atoms with Gasteiger partial charge in [0.1, 0.15) is 11.3 Å². The lowest BCUT2D eigenvalue weighted by Crippen LogP contribution is -2.31. The van der Waals surface area contributed by atoms with E-state index in [4.69, 9.17) is 4.74 Å². The third kappa shape index (κ3) is 3.85. The molecule has 1 atom stereocenters. The average Bonchev–Trinajstić information content (AvgIpc) is 3.27. The normalized spacial score (nSPS) is 17.8. The molecule has 10 heteroatoms. The molecule has 1 aromatic carbocycles. The molecule has 0 saturated carbocycles. The van der Waals surface area contributed by atoms with Crippen LogP contribution in [0.5, 0.6) is 0 Å². The lowest BCUT2D eigenvalue weighted by Gasteiger charge is -2.25. The van der Waals surface area contributed by atoms with Gasteiger partial charge in [-0.05, 0) is 43.2 Å². The number of nitro benzene ring substituents is 1. The number of amides is 1. The van der Waals surface area contributed by atoms with Crippen molar-refractivity contribution >= 4 is 28.8 Å². The second-order valence-corrected chi connectivity index (χ2v) is 7.66. The fourth-order valence-corrected chi connectivity index (χ4v) is 4.14. The number of ketones is 1. The van der Waals surface area contributed by atoms with Crippen LogP contribution in [0.25, 0.3) is 11.4 Å². The van der Waals surface area contributed by atoms with E-state index in [-0.39, 0.29) is 23.6 Å². The average molecular weight is 450 g/mol. The number of carbonyl (C=O) groups is 2. The molecule has 33 heavy (non-hydrogen) atoms. The van der Waals surface area contributed by atoms with Crippen LogP contribution in [-0.4, -0.2) is 56.3 Å². The quantitative estimate of drug-likeness (QED) is 0.146. The number of aromatic nitrogens is 2. The van der Waals surface area contributed by atoms with Gasteiger partial charge in [-0.15, -0.1) is 0 Å². The first-order chi connectivity index (χ1) is 15.8. The van der Waals surface area contributed by atoms with Crippen molar-refractivity contribution in [2.45, 2.75) is 19.4 Å². The Labute approximate surface area is 188 Å². The molecule has 1 amide bonds. The van der Waals surface area contributed by atoms with Crippen molar-refractivity contribution in [2.75, 3.05) is 20.3 Å². The van der Waals surface area contributed by atoms with Crippen molar-refractivity contribution in [2.24, 2.45) is 0 Å². The molecule has 1 aliphatic rings. The second-order valence-electron chi connectivity index (χ2n) is 7.66. The molecule has 1 aliphatic heterocycles. The van der Waals surface area contributed by atoms with Gasteiger partial charge in [-0.25, -0.2) is 4.98 Å². The molecule has 0 spiro atoms. The van der Waals surface area contributed by atoms with Gasteiger partial charge >= 0.3 is 0 Å². The Kier molecular flexibility index (Phi) is 5.93. The number of aliphatic hydroxyl groups excluding tert-OH is 1. The Morgan fingerprint density at radius 3 is 2.61 bits per heavy atom. The summed E-state index contributed by atoms with van der Waals surface area (Å²) in [6.45, 7) is 2.29. The maximum Gasteiger partial charge on any atom is 0.295 e. The van der Waals surface area contributed by atoms with E-state index in [9.17, 15) is 24.8 Å². The van der Waals surface area contributed by atoms with Crippen LogP contribution >= 0.6 is 0 Å². The Bertz CT molecular complexity index is 1280.